The maximum Gasteiger partial charge on any atom is 0.156 e. The number of nitrogens with two attached hydrogens (primary N) is 1. The van der Waals surface area contributed by atoms with Crippen LogP contribution in [0.4, 0.5) is 5.82 Å². The lowest BCUT2D eigenvalue weighted by Crippen LogP contribution is -2.37. The summed E-state index contributed by atoms with van der Waals surface area (Å²) in [6, 6.07) is 0. The molecule has 0 aliphatic carbocycles. The molecule has 1 fully saturated rings. The number of anilines is 1. The Morgan fingerprint density at radius 2 is 2.09 bits per heavy atom. The molecule has 1 aliphatic rings. The molecule has 0 saturated carbocycles. The van der Waals surface area contributed by atoms with Gasteiger partial charge in [-0.05, 0) is 6.42 Å². The molecule has 0 radical (unpaired) electrons. The van der Waals surface area contributed by atoms with Crippen LogP contribution in [0.1, 0.15) is 37.6 Å². The van der Waals surface area contributed by atoms with Gasteiger partial charge >= 0.3 is 0 Å². The third kappa shape index (κ3) is 3.08. The molecule has 3 rings (SSSR count). The van der Waals surface area contributed by atoms with Gasteiger partial charge in [-0.2, -0.15) is 0 Å². The molecule has 0 amide bonds. The van der Waals surface area contributed by atoms with Gasteiger partial charge in [0.05, 0.1) is 18.7 Å². The second-order valence-electron chi connectivity index (χ2n) is 5.76. The van der Waals surface area contributed by atoms with Crippen LogP contribution in [0.3, 0.4) is 0 Å². The van der Waals surface area contributed by atoms with Crippen molar-refractivity contribution in [2.45, 2.75) is 39.2 Å². The van der Waals surface area contributed by atoms with Crippen LogP contribution in [-0.2, 0) is 17.7 Å². The second-order valence-corrected chi connectivity index (χ2v) is 5.76. The number of morpholine rings is 1. The lowest BCUT2D eigenvalue weighted by molar-refractivity contribution is 0.122. The summed E-state index contributed by atoms with van der Waals surface area (Å²) < 4.78 is 5.45. The zero-order chi connectivity index (χ0) is 15.4. The minimum atomic E-state index is 0.494. The van der Waals surface area contributed by atoms with Gasteiger partial charge in [0.25, 0.3) is 0 Å². The largest absolute Gasteiger partial charge is 0.378 e. The van der Waals surface area contributed by atoms with Gasteiger partial charge < -0.3 is 20.4 Å². The Morgan fingerprint density at radius 3 is 2.82 bits per heavy atom. The molecule has 3 heterocycles. The fourth-order valence-electron chi connectivity index (χ4n) is 2.89. The van der Waals surface area contributed by atoms with E-state index in [0.717, 1.165) is 67.4 Å². The van der Waals surface area contributed by atoms with Crippen molar-refractivity contribution in [3.05, 3.63) is 17.6 Å². The average molecular weight is 303 g/mol. The van der Waals surface area contributed by atoms with Gasteiger partial charge in [-0.3, -0.25) is 0 Å². The number of H-pyrrole nitrogens is 1. The second kappa shape index (κ2) is 7.07. The smallest absolute Gasteiger partial charge is 0.156 e. The molecule has 6 heteroatoms. The van der Waals surface area contributed by atoms with E-state index in [1.54, 1.807) is 0 Å². The molecule has 2 aromatic rings. The normalized spacial score (nSPS) is 15.6. The molecule has 6 nitrogen and oxygen atoms in total. The number of unbranched alkanes of at least 4 members (excludes halogenated alkanes) is 2. The summed E-state index contributed by atoms with van der Waals surface area (Å²) in [6.45, 7) is 5.95. The van der Waals surface area contributed by atoms with Gasteiger partial charge in [-0.25, -0.2) is 9.97 Å². The van der Waals surface area contributed by atoms with Crippen LogP contribution in [0.25, 0.3) is 11.0 Å². The first-order valence-corrected chi connectivity index (χ1v) is 8.23. The van der Waals surface area contributed by atoms with Gasteiger partial charge in [0, 0.05) is 37.8 Å². The predicted molar refractivity (Wildman–Crippen MR) is 88.0 cm³/mol. The van der Waals surface area contributed by atoms with Crippen molar-refractivity contribution in [3.8, 4) is 0 Å². The van der Waals surface area contributed by atoms with E-state index in [2.05, 4.69) is 16.8 Å². The highest BCUT2D eigenvalue weighted by Gasteiger charge is 2.19. The van der Waals surface area contributed by atoms with Gasteiger partial charge in [-0.15, -0.1) is 0 Å². The van der Waals surface area contributed by atoms with Crippen LogP contribution in [0.5, 0.6) is 0 Å². The summed E-state index contributed by atoms with van der Waals surface area (Å²) in [4.78, 5) is 15.2. The monoisotopic (exact) mass is 303 g/mol. The molecule has 0 bridgehead atoms. The van der Waals surface area contributed by atoms with Crippen LogP contribution >= 0.6 is 0 Å². The van der Waals surface area contributed by atoms with Crippen LogP contribution in [0.15, 0.2) is 6.20 Å². The topological polar surface area (TPSA) is 80.1 Å². The Bertz CT molecular complexity index is 618. The highest BCUT2D eigenvalue weighted by molar-refractivity contribution is 5.89. The van der Waals surface area contributed by atoms with Crippen molar-refractivity contribution in [1.82, 2.24) is 15.0 Å². The summed E-state index contributed by atoms with van der Waals surface area (Å²) in [5, 5.41) is 0. The van der Waals surface area contributed by atoms with Gasteiger partial charge in [0.15, 0.2) is 5.82 Å². The lowest BCUT2D eigenvalue weighted by atomic mass is 10.2. The van der Waals surface area contributed by atoms with Crippen molar-refractivity contribution in [2.75, 3.05) is 31.2 Å². The van der Waals surface area contributed by atoms with E-state index in [9.17, 15) is 0 Å². The first-order chi connectivity index (χ1) is 10.8. The molecule has 22 heavy (non-hydrogen) atoms. The summed E-state index contributed by atoms with van der Waals surface area (Å²) in [7, 11) is 0. The molecule has 2 aromatic heterocycles. The number of fused-ring (bicyclic) bond motifs is 1. The molecular formula is C16H25N5O. The van der Waals surface area contributed by atoms with Gasteiger partial charge in [0.1, 0.15) is 11.3 Å². The molecular weight excluding hydrogens is 278 g/mol. The molecule has 0 aromatic carbocycles. The zero-order valence-electron chi connectivity index (χ0n) is 13.3. The van der Waals surface area contributed by atoms with E-state index >= 15 is 0 Å². The third-order valence-electron chi connectivity index (χ3n) is 4.17. The Balaban J connectivity index is 1.97. The van der Waals surface area contributed by atoms with Crippen LogP contribution < -0.4 is 10.6 Å². The summed E-state index contributed by atoms with van der Waals surface area (Å²) in [5.74, 6) is 1.93. The number of aromatic nitrogens is 3. The maximum atomic E-state index is 5.85. The first-order valence-electron chi connectivity index (χ1n) is 8.23. The van der Waals surface area contributed by atoms with Crippen LogP contribution in [0.2, 0.25) is 0 Å². The molecule has 3 N–H and O–H groups in total. The summed E-state index contributed by atoms with van der Waals surface area (Å²) >= 11 is 0. The highest BCUT2D eigenvalue weighted by atomic mass is 16.5. The van der Waals surface area contributed by atoms with Gasteiger partial charge in [-0.1, -0.05) is 19.8 Å². The number of aryl methyl sites for hydroxylation is 1. The van der Waals surface area contributed by atoms with E-state index in [-0.39, 0.29) is 0 Å². The van der Waals surface area contributed by atoms with Gasteiger partial charge in [0.2, 0.25) is 0 Å². The van der Waals surface area contributed by atoms with E-state index < -0.39 is 0 Å². The van der Waals surface area contributed by atoms with Crippen LogP contribution in [0, 0.1) is 0 Å². The molecule has 0 spiro atoms. The van der Waals surface area contributed by atoms with Crippen molar-refractivity contribution < 1.29 is 4.74 Å². The van der Waals surface area contributed by atoms with Crippen molar-refractivity contribution in [3.63, 3.8) is 0 Å². The minimum absolute atomic E-state index is 0.494. The molecule has 1 saturated heterocycles. The van der Waals surface area contributed by atoms with Crippen molar-refractivity contribution in [1.29, 1.82) is 0 Å². The van der Waals surface area contributed by atoms with Crippen molar-refractivity contribution in [2.24, 2.45) is 5.73 Å². The number of ether oxygens (including phenoxy) is 1. The van der Waals surface area contributed by atoms with E-state index in [4.69, 9.17) is 20.4 Å². The highest BCUT2D eigenvalue weighted by Crippen LogP contribution is 2.26. The maximum absolute atomic E-state index is 5.85. The fraction of sp³-hybridized carbons (Fsp3) is 0.625. The van der Waals surface area contributed by atoms with E-state index in [0.29, 0.717) is 6.54 Å². The summed E-state index contributed by atoms with van der Waals surface area (Å²) in [6.07, 6.45) is 6.43. The number of nitrogens with one attached hydrogen (secondary N) is 1. The number of nitrogens with zero attached hydrogens (tertiary/aromatic N) is 3. The lowest BCUT2D eigenvalue weighted by Gasteiger charge is -2.28. The number of aromatic amines is 1. The van der Waals surface area contributed by atoms with Crippen molar-refractivity contribution >= 4 is 16.9 Å². The standard InChI is InChI=1S/C16H25N5O/c1-2-3-4-5-13-19-14-12(10-17)11-18-15(14)16(20-13)21-6-8-22-9-7-21/h11,18H,2-10,17H2,1H3. The Labute approximate surface area is 131 Å². The van der Waals surface area contributed by atoms with Crippen LogP contribution in [-0.4, -0.2) is 41.3 Å². The summed E-state index contributed by atoms with van der Waals surface area (Å²) in [5.41, 5.74) is 8.88. The number of rotatable bonds is 6. The first kappa shape index (κ1) is 15.2. The number of hydrogen-bond donors (Lipinski definition) is 2. The Morgan fingerprint density at radius 1 is 1.27 bits per heavy atom. The average Bonchev–Trinajstić information content (AvgIpc) is 2.98. The minimum Gasteiger partial charge on any atom is -0.378 e. The Kier molecular flexibility index (Phi) is 4.90. The quantitative estimate of drug-likeness (QED) is 0.798. The number of hydrogen-bond acceptors (Lipinski definition) is 5. The third-order valence-corrected chi connectivity index (χ3v) is 4.17. The fourth-order valence-corrected chi connectivity index (χ4v) is 2.89. The van der Waals surface area contributed by atoms with E-state index in [1.165, 1.54) is 12.8 Å². The SMILES string of the molecule is CCCCCc1nc(N2CCOCC2)c2[nH]cc(CN)c2n1. The molecule has 0 atom stereocenters. The zero-order valence-corrected chi connectivity index (χ0v) is 13.3. The predicted octanol–water partition coefficient (Wildman–Crippen LogP) is 1.99. The molecule has 0 unspecified atom stereocenters. The molecule has 120 valence electrons. The Hall–Kier alpha value is -1.66. The van der Waals surface area contributed by atoms with E-state index in [1.807, 2.05) is 6.20 Å². The molecule has 1 aliphatic heterocycles.